The van der Waals surface area contributed by atoms with Gasteiger partial charge in [0.25, 0.3) is 0 Å². The van der Waals surface area contributed by atoms with Gasteiger partial charge in [-0.05, 0) is 88.1 Å². The summed E-state index contributed by atoms with van der Waals surface area (Å²) in [5, 5.41) is 8.91. The lowest BCUT2D eigenvalue weighted by atomic mass is 9.83. The van der Waals surface area contributed by atoms with Gasteiger partial charge in [0.2, 0.25) is 23.6 Å². The SMILES string of the molecule is CCCCCC[C@@H](OC[C@@H](C)NC(=O)[C@@H](C)COc1ccc(CCN)cc1)[C@@H](C)CN(C)[C@@H](CC(C)C)C(=O)N[C@H](C(=O)N[C@@H](CN)C(N)=O)C1CCCCC1. The maximum Gasteiger partial charge on any atom is 0.243 e. The molecule has 0 bridgehead atoms. The number of nitrogens with two attached hydrogens (primary N) is 3. The normalized spacial score (nSPS) is 17.3. The summed E-state index contributed by atoms with van der Waals surface area (Å²) < 4.78 is 12.5. The minimum Gasteiger partial charge on any atom is -0.493 e. The van der Waals surface area contributed by atoms with E-state index in [1.165, 1.54) is 0 Å². The number of ether oxygens (including phenoxy) is 2. The first kappa shape index (κ1) is 48.9. The molecule has 1 saturated carbocycles. The molecule has 4 amide bonds. The van der Waals surface area contributed by atoms with Crippen LogP contribution in [0.4, 0.5) is 0 Å². The predicted octanol–water partition coefficient (Wildman–Crippen LogP) is 4.04. The van der Waals surface area contributed by atoms with Crippen LogP contribution in [0.1, 0.15) is 118 Å². The Hall–Kier alpha value is -3.26. The van der Waals surface area contributed by atoms with Gasteiger partial charge >= 0.3 is 0 Å². The van der Waals surface area contributed by atoms with E-state index in [0.29, 0.717) is 26.1 Å². The summed E-state index contributed by atoms with van der Waals surface area (Å²) in [7, 11) is 1.96. The Kier molecular flexibility index (Phi) is 23.2. The molecule has 0 saturated heterocycles. The fourth-order valence-corrected chi connectivity index (χ4v) is 7.47. The van der Waals surface area contributed by atoms with E-state index in [4.69, 9.17) is 26.7 Å². The first-order valence-corrected chi connectivity index (χ1v) is 21.3. The molecule has 9 N–H and O–H groups in total. The van der Waals surface area contributed by atoms with Crippen molar-refractivity contribution in [3.63, 3.8) is 0 Å². The zero-order chi connectivity index (χ0) is 41.6. The van der Waals surface area contributed by atoms with Crippen molar-refractivity contribution in [1.82, 2.24) is 20.9 Å². The van der Waals surface area contributed by atoms with E-state index >= 15 is 0 Å². The van der Waals surface area contributed by atoms with E-state index in [0.717, 1.165) is 81.9 Å². The summed E-state index contributed by atoms with van der Waals surface area (Å²) in [5.41, 5.74) is 18.0. The van der Waals surface area contributed by atoms with E-state index < -0.39 is 29.9 Å². The number of rotatable bonds is 28. The van der Waals surface area contributed by atoms with E-state index in [2.05, 4.69) is 48.5 Å². The Morgan fingerprint density at radius 1 is 0.857 bits per heavy atom. The van der Waals surface area contributed by atoms with Crippen LogP contribution in [0.5, 0.6) is 5.75 Å². The standard InChI is InChI=1S/C43H77N7O6/c1-8-9-10-14-17-38(56-28-32(6)47-41(52)31(5)27-55-35-20-18-33(19-21-35)22-23-44)30(4)26-50(7)37(24-29(2)3)42(53)49-39(34-15-12-11-13-16-34)43(54)48-36(25-45)40(46)51/h18-21,29-32,34,36-39H,8-17,22-28,44-45H2,1-7H3,(H2,46,51)(H,47,52)(H,48,54)(H,49,53)/t30-,31-,32+,36-,37-,38+,39-/m0/s1. The number of carbonyl (C=O) groups excluding carboxylic acids is 4. The Balaban J connectivity index is 2.09. The van der Waals surface area contributed by atoms with Crippen LogP contribution in [0.3, 0.4) is 0 Å². The van der Waals surface area contributed by atoms with Gasteiger partial charge in [-0.2, -0.15) is 0 Å². The predicted molar refractivity (Wildman–Crippen MR) is 224 cm³/mol. The zero-order valence-corrected chi connectivity index (χ0v) is 35.7. The Morgan fingerprint density at radius 2 is 1.54 bits per heavy atom. The number of unbranched alkanes of at least 4 members (excludes halogenated alkanes) is 3. The number of carbonyl (C=O) groups is 4. The highest BCUT2D eigenvalue weighted by Gasteiger charge is 2.36. The van der Waals surface area contributed by atoms with Crippen LogP contribution >= 0.6 is 0 Å². The Bertz CT molecular complexity index is 1290. The second kappa shape index (κ2) is 26.6. The number of hydrogen-bond donors (Lipinski definition) is 6. The molecule has 13 heteroatoms. The van der Waals surface area contributed by atoms with Crippen molar-refractivity contribution < 1.29 is 28.7 Å². The summed E-state index contributed by atoms with van der Waals surface area (Å²) in [6, 6.07) is 5.31. The highest BCUT2D eigenvalue weighted by Crippen LogP contribution is 2.28. The minimum atomic E-state index is -1.00. The molecule has 0 aliphatic heterocycles. The van der Waals surface area contributed by atoms with Gasteiger partial charge in [0, 0.05) is 19.1 Å². The molecular weight excluding hydrogens is 711 g/mol. The van der Waals surface area contributed by atoms with Gasteiger partial charge in [-0.3, -0.25) is 24.1 Å². The maximum atomic E-state index is 14.2. The van der Waals surface area contributed by atoms with Gasteiger partial charge in [-0.1, -0.05) is 91.7 Å². The summed E-state index contributed by atoms with van der Waals surface area (Å²) in [5.74, 6) is -0.797. The van der Waals surface area contributed by atoms with Crippen LogP contribution in [0.25, 0.3) is 0 Å². The maximum absolute atomic E-state index is 14.2. The molecule has 1 aromatic rings. The summed E-state index contributed by atoms with van der Waals surface area (Å²) in [6.07, 6.45) is 11.3. The largest absolute Gasteiger partial charge is 0.493 e. The van der Waals surface area contributed by atoms with Crippen LogP contribution in [0, 0.1) is 23.7 Å². The third-order valence-electron chi connectivity index (χ3n) is 10.9. The van der Waals surface area contributed by atoms with Crippen molar-refractivity contribution in [2.24, 2.45) is 40.9 Å². The van der Waals surface area contributed by atoms with Crippen LogP contribution < -0.4 is 37.9 Å². The first-order chi connectivity index (χ1) is 26.7. The third-order valence-corrected chi connectivity index (χ3v) is 10.9. The van der Waals surface area contributed by atoms with Crippen molar-refractivity contribution >= 4 is 23.6 Å². The molecule has 0 heterocycles. The molecule has 1 aliphatic rings. The van der Waals surface area contributed by atoms with Crippen molar-refractivity contribution in [2.75, 3.05) is 39.9 Å². The lowest BCUT2D eigenvalue weighted by Gasteiger charge is -2.36. The molecular formula is C43H77N7O6. The molecule has 0 unspecified atom stereocenters. The number of likely N-dealkylation sites (N-methyl/N-ethyl adjacent to an activating group) is 1. The summed E-state index contributed by atoms with van der Waals surface area (Å²) in [6.45, 7) is 14.0. The van der Waals surface area contributed by atoms with Crippen LogP contribution in [0.15, 0.2) is 24.3 Å². The Labute approximate surface area is 337 Å². The van der Waals surface area contributed by atoms with Crippen molar-refractivity contribution in [3.05, 3.63) is 29.8 Å². The highest BCUT2D eigenvalue weighted by molar-refractivity contribution is 5.93. The van der Waals surface area contributed by atoms with Crippen molar-refractivity contribution in [2.45, 2.75) is 149 Å². The smallest absolute Gasteiger partial charge is 0.243 e. The fourth-order valence-electron chi connectivity index (χ4n) is 7.47. The molecule has 13 nitrogen and oxygen atoms in total. The van der Waals surface area contributed by atoms with E-state index in [-0.39, 0.29) is 60.8 Å². The first-order valence-electron chi connectivity index (χ1n) is 21.3. The molecule has 56 heavy (non-hydrogen) atoms. The number of benzene rings is 1. The number of nitrogens with one attached hydrogen (secondary N) is 3. The molecule has 1 fully saturated rings. The van der Waals surface area contributed by atoms with Gasteiger partial charge < -0.3 is 42.6 Å². The number of primary amides is 1. The van der Waals surface area contributed by atoms with Gasteiger partial charge in [0.05, 0.1) is 31.3 Å². The average Bonchev–Trinajstić information content (AvgIpc) is 3.17. The third kappa shape index (κ3) is 17.9. The molecule has 0 spiro atoms. The second-order valence-electron chi connectivity index (χ2n) is 16.7. The lowest BCUT2D eigenvalue weighted by molar-refractivity contribution is -0.135. The number of nitrogens with zero attached hydrogens (tertiary/aromatic N) is 1. The quantitative estimate of drug-likeness (QED) is 0.0678. The summed E-state index contributed by atoms with van der Waals surface area (Å²) >= 11 is 0. The van der Waals surface area contributed by atoms with Crippen molar-refractivity contribution in [1.29, 1.82) is 0 Å². The molecule has 7 atom stereocenters. The van der Waals surface area contributed by atoms with Crippen LogP contribution in [-0.2, 0) is 30.3 Å². The second-order valence-corrected chi connectivity index (χ2v) is 16.7. The summed E-state index contributed by atoms with van der Waals surface area (Å²) in [4.78, 5) is 54.8. The van der Waals surface area contributed by atoms with Gasteiger partial charge in [0.1, 0.15) is 17.8 Å². The van der Waals surface area contributed by atoms with Crippen molar-refractivity contribution in [3.8, 4) is 5.75 Å². The van der Waals surface area contributed by atoms with E-state index in [1.807, 2.05) is 45.2 Å². The Morgan fingerprint density at radius 3 is 2.12 bits per heavy atom. The fraction of sp³-hybridized carbons (Fsp3) is 0.767. The number of amides is 4. The molecule has 2 rings (SSSR count). The van der Waals surface area contributed by atoms with Gasteiger partial charge in [-0.15, -0.1) is 0 Å². The van der Waals surface area contributed by atoms with Crippen LogP contribution in [0.2, 0.25) is 0 Å². The highest BCUT2D eigenvalue weighted by atomic mass is 16.5. The lowest BCUT2D eigenvalue weighted by Crippen LogP contribution is -2.60. The van der Waals surface area contributed by atoms with Gasteiger partial charge in [0.15, 0.2) is 0 Å². The topological polar surface area (TPSA) is 204 Å². The zero-order valence-electron chi connectivity index (χ0n) is 35.7. The number of hydrogen-bond acceptors (Lipinski definition) is 9. The van der Waals surface area contributed by atoms with Crippen LogP contribution in [-0.4, -0.2) is 98.7 Å². The average molecular weight is 788 g/mol. The molecule has 0 aromatic heterocycles. The monoisotopic (exact) mass is 788 g/mol. The minimum absolute atomic E-state index is 0.0409. The molecule has 1 aliphatic carbocycles. The van der Waals surface area contributed by atoms with E-state index in [9.17, 15) is 19.2 Å². The van der Waals surface area contributed by atoms with Gasteiger partial charge in [-0.25, -0.2) is 0 Å². The van der Waals surface area contributed by atoms with E-state index in [1.54, 1.807) is 0 Å². The molecule has 320 valence electrons. The molecule has 0 radical (unpaired) electrons. The molecule has 1 aromatic carbocycles.